The van der Waals surface area contributed by atoms with Crippen LogP contribution >= 0.6 is 0 Å². The smallest absolute Gasteiger partial charge is 0.286 e. The average Bonchev–Trinajstić information content (AvgIpc) is 2.26. The number of nitrogens with two attached hydrogens (primary N) is 1. The minimum absolute atomic E-state index is 0.0865. The Morgan fingerprint density at radius 2 is 2.24 bits per heavy atom. The topological polar surface area (TPSA) is 142 Å². The highest BCUT2D eigenvalue weighted by atomic mass is 16.4. The fourth-order valence-electron chi connectivity index (χ4n) is 1.07. The molecule has 3 N–H and O–H groups in total. The van der Waals surface area contributed by atoms with E-state index in [0.717, 1.165) is 4.57 Å². The molecule has 0 fully saturated rings. The van der Waals surface area contributed by atoms with Crippen LogP contribution in [0.1, 0.15) is 6.92 Å². The van der Waals surface area contributed by atoms with Crippen LogP contribution in [0.5, 0.6) is 0 Å². The number of nitrogens with zero attached hydrogens (tertiary/aromatic N) is 3. The number of aromatic nitrogens is 2. The second-order valence-corrected chi connectivity index (χ2v) is 3.31. The Kier molecular flexibility index (Phi) is 3.41. The Bertz CT molecular complexity index is 523. The van der Waals surface area contributed by atoms with Gasteiger partial charge >= 0.3 is 0 Å². The van der Waals surface area contributed by atoms with E-state index < -0.39 is 23.3 Å². The van der Waals surface area contributed by atoms with Gasteiger partial charge in [-0.15, -0.1) is 4.91 Å². The number of carbonyl (C=O) groups is 1. The summed E-state index contributed by atoms with van der Waals surface area (Å²) >= 11 is 0. The summed E-state index contributed by atoms with van der Waals surface area (Å²) in [5, 5.41) is 15.4. The number of nitroso groups, excluding NO2 is 1. The fourth-order valence-corrected chi connectivity index (χ4v) is 1.07. The van der Waals surface area contributed by atoms with Crippen molar-refractivity contribution in [2.75, 3.05) is 11.1 Å². The van der Waals surface area contributed by atoms with Crippen molar-refractivity contribution >= 4 is 23.4 Å². The van der Waals surface area contributed by atoms with E-state index in [-0.39, 0.29) is 11.8 Å². The van der Waals surface area contributed by atoms with E-state index in [2.05, 4.69) is 15.5 Å². The molecule has 1 rings (SSSR count). The number of carboxylic acids is 1. The third-order valence-corrected chi connectivity index (χ3v) is 2.08. The van der Waals surface area contributed by atoms with Gasteiger partial charge in [0.05, 0.1) is 12.0 Å². The monoisotopic (exact) mass is 240 g/mol. The first kappa shape index (κ1) is 12.6. The molecular formula is C8H10N5O4-. The molecule has 0 spiro atoms. The molecule has 0 saturated heterocycles. The lowest BCUT2D eigenvalue weighted by Crippen LogP contribution is -2.40. The first-order chi connectivity index (χ1) is 7.88. The van der Waals surface area contributed by atoms with Crippen molar-refractivity contribution in [3.05, 3.63) is 15.3 Å². The van der Waals surface area contributed by atoms with Crippen LogP contribution in [0.4, 0.5) is 17.5 Å². The Balaban J connectivity index is 3.24. The van der Waals surface area contributed by atoms with Crippen molar-refractivity contribution in [2.45, 2.75) is 13.0 Å². The number of nitrogen functional groups attached to an aromatic ring is 1. The Morgan fingerprint density at radius 1 is 1.65 bits per heavy atom. The van der Waals surface area contributed by atoms with Gasteiger partial charge in [0, 0.05) is 7.05 Å². The maximum atomic E-state index is 11.5. The van der Waals surface area contributed by atoms with Gasteiger partial charge in [0.25, 0.3) is 5.56 Å². The molecule has 1 unspecified atom stereocenters. The van der Waals surface area contributed by atoms with Crippen molar-refractivity contribution in [2.24, 2.45) is 12.2 Å². The first-order valence-corrected chi connectivity index (χ1v) is 4.55. The minimum Gasteiger partial charge on any atom is -0.548 e. The largest absolute Gasteiger partial charge is 0.548 e. The van der Waals surface area contributed by atoms with E-state index in [9.17, 15) is 19.6 Å². The third-order valence-electron chi connectivity index (χ3n) is 2.08. The van der Waals surface area contributed by atoms with Gasteiger partial charge < -0.3 is 21.0 Å². The van der Waals surface area contributed by atoms with Crippen LogP contribution in [0.2, 0.25) is 0 Å². The molecule has 1 aromatic heterocycles. The summed E-state index contributed by atoms with van der Waals surface area (Å²) in [6, 6.07) is -1.07. The predicted molar refractivity (Wildman–Crippen MR) is 57.4 cm³/mol. The van der Waals surface area contributed by atoms with E-state index in [1.54, 1.807) is 0 Å². The molecule has 1 atom stereocenters. The van der Waals surface area contributed by atoms with Gasteiger partial charge in [-0.25, -0.2) is 0 Å². The van der Waals surface area contributed by atoms with Crippen LogP contribution < -0.4 is 21.7 Å². The SMILES string of the molecule is CC(Nc1nc(N)c(N=O)c(=O)n1C)C(=O)[O-]. The second-order valence-electron chi connectivity index (χ2n) is 3.31. The summed E-state index contributed by atoms with van der Waals surface area (Å²) < 4.78 is 0.937. The third kappa shape index (κ3) is 2.38. The highest BCUT2D eigenvalue weighted by molar-refractivity contribution is 5.74. The molecule has 9 nitrogen and oxygen atoms in total. The number of anilines is 2. The van der Waals surface area contributed by atoms with Crippen LogP contribution in [-0.4, -0.2) is 21.6 Å². The number of rotatable bonds is 4. The molecule has 9 heteroatoms. The molecule has 0 aromatic carbocycles. The van der Waals surface area contributed by atoms with E-state index in [4.69, 9.17) is 5.73 Å². The maximum absolute atomic E-state index is 11.5. The van der Waals surface area contributed by atoms with Gasteiger partial charge in [-0.05, 0) is 12.1 Å². The maximum Gasteiger partial charge on any atom is 0.286 e. The van der Waals surface area contributed by atoms with E-state index in [0.29, 0.717) is 0 Å². The van der Waals surface area contributed by atoms with E-state index in [1.165, 1.54) is 14.0 Å². The van der Waals surface area contributed by atoms with Crippen molar-refractivity contribution in [3.8, 4) is 0 Å². The normalized spacial score (nSPS) is 11.9. The van der Waals surface area contributed by atoms with Crippen LogP contribution in [0, 0.1) is 4.91 Å². The molecular weight excluding hydrogens is 230 g/mol. The Morgan fingerprint density at radius 3 is 2.71 bits per heavy atom. The van der Waals surface area contributed by atoms with Crippen LogP contribution in [0.3, 0.4) is 0 Å². The standard InChI is InChI=1S/C8H11N5O4/c1-3(7(15)16)10-8-11-5(9)4(12-17)6(14)13(8)2/h3H,9H2,1-2H3,(H,10,11)(H,15,16)/p-1. The second kappa shape index (κ2) is 4.60. The zero-order chi connectivity index (χ0) is 13.2. The summed E-state index contributed by atoms with van der Waals surface area (Å²) in [7, 11) is 1.30. The van der Waals surface area contributed by atoms with E-state index in [1.807, 2.05) is 0 Å². The summed E-state index contributed by atoms with van der Waals surface area (Å²) in [5.74, 6) is -1.82. The lowest BCUT2D eigenvalue weighted by atomic mass is 10.3. The summed E-state index contributed by atoms with van der Waals surface area (Å²) in [6.45, 7) is 1.31. The highest BCUT2D eigenvalue weighted by Crippen LogP contribution is 2.15. The predicted octanol–water partition coefficient (Wildman–Crippen LogP) is -1.69. The lowest BCUT2D eigenvalue weighted by Gasteiger charge is -2.17. The number of hydrogen-bond donors (Lipinski definition) is 2. The molecule has 0 aliphatic rings. The molecule has 1 aromatic rings. The Hall–Kier alpha value is -2.45. The molecule has 17 heavy (non-hydrogen) atoms. The molecule has 0 aliphatic carbocycles. The quantitative estimate of drug-likeness (QED) is 0.597. The number of aliphatic carboxylic acids is 1. The van der Waals surface area contributed by atoms with Crippen LogP contribution in [0.15, 0.2) is 9.97 Å². The number of nitrogens with one attached hydrogen (secondary N) is 1. The average molecular weight is 240 g/mol. The van der Waals surface area contributed by atoms with Crippen LogP contribution in [0.25, 0.3) is 0 Å². The van der Waals surface area contributed by atoms with E-state index >= 15 is 0 Å². The van der Waals surface area contributed by atoms with Gasteiger partial charge in [-0.2, -0.15) is 4.98 Å². The van der Waals surface area contributed by atoms with Gasteiger partial charge in [-0.1, -0.05) is 0 Å². The van der Waals surface area contributed by atoms with Crippen molar-refractivity contribution < 1.29 is 9.90 Å². The fraction of sp³-hybridized carbons (Fsp3) is 0.375. The lowest BCUT2D eigenvalue weighted by molar-refractivity contribution is -0.306. The zero-order valence-corrected chi connectivity index (χ0v) is 9.13. The van der Waals surface area contributed by atoms with Crippen molar-refractivity contribution in [1.29, 1.82) is 0 Å². The summed E-state index contributed by atoms with van der Waals surface area (Å²) in [4.78, 5) is 36.1. The van der Waals surface area contributed by atoms with Crippen LogP contribution in [-0.2, 0) is 11.8 Å². The summed E-state index contributed by atoms with van der Waals surface area (Å²) in [6.07, 6.45) is 0. The molecule has 1 heterocycles. The zero-order valence-electron chi connectivity index (χ0n) is 9.13. The molecule has 0 bridgehead atoms. The van der Waals surface area contributed by atoms with Crippen molar-refractivity contribution in [1.82, 2.24) is 9.55 Å². The van der Waals surface area contributed by atoms with Crippen molar-refractivity contribution in [3.63, 3.8) is 0 Å². The number of hydrogen-bond acceptors (Lipinski definition) is 8. The van der Waals surface area contributed by atoms with Gasteiger partial charge in [-0.3, -0.25) is 9.36 Å². The first-order valence-electron chi connectivity index (χ1n) is 4.55. The molecule has 92 valence electrons. The molecule has 0 aliphatic heterocycles. The number of carboxylic acid groups (broad SMARTS) is 1. The Labute approximate surface area is 95.2 Å². The number of carbonyl (C=O) groups excluding carboxylic acids is 1. The summed E-state index contributed by atoms with van der Waals surface area (Å²) in [5.41, 5.74) is 4.05. The van der Waals surface area contributed by atoms with Gasteiger partial charge in [0.15, 0.2) is 5.82 Å². The molecule has 0 amide bonds. The molecule has 0 radical (unpaired) electrons. The highest BCUT2D eigenvalue weighted by Gasteiger charge is 2.14. The van der Waals surface area contributed by atoms with Gasteiger partial charge in [0.2, 0.25) is 11.6 Å². The molecule has 0 saturated carbocycles. The minimum atomic E-state index is -1.37. The van der Waals surface area contributed by atoms with Gasteiger partial charge in [0.1, 0.15) is 0 Å².